The molecule has 1 aromatic carbocycles. The van der Waals surface area contributed by atoms with E-state index in [1.807, 2.05) is 6.20 Å². The minimum Gasteiger partial charge on any atom is -0.330 e. The Hall–Kier alpha value is -1.65. The second kappa shape index (κ2) is 7.28. The number of benzene rings is 1. The summed E-state index contributed by atoms with van der Waals surface area (Å²) in [6.45, 7) is 9.31. The van der Waals surface area contributed by atoms with Crippen molar-refractivity contribution in [1.29, 1.82) is 0 Å². The molecule has 0 amide bonds. The summed E-state index contributed by atoms with van der Waals surface area (Å²) in [4.78, 5) is 2.52. The molecular formula is C19H28N4. The van der Waals surface area contributed by atoms with Crippen molar-refractivity contribution in [2.75, 3.05) is 19.6 Å². The molecule has 2 aromatic rings. The average Bonchev–Trinajstić information content (AvgIpc) is 3.14. The average molecular weight is 312 g/mol. The largest absolute Gasteiger partial charge is 0.330 e. The van der Waals surface area contributed by atoms with Gasteiger partial charge in [-0.05, 0) is 23.9 Å². The maximum absolute atomic E-state index is 6.03. The zero-order valence-corrected chi connectivity index (χ0v) is 14.2. The molecule has 2 atom stereocenters. The van der Waals surface area contributed by atoms with Crippen molar-refractivity contribution in [3.05, 3.63) is 53.9 Å². The van der Waals surface area contributed by atoms with E-state index in [9.17, 15) is 0 Å². The normalized spacial score (nSPS) is 22.1. The zero-order chi connectivity index (χ0) is 16.2. The van der Waals surface area contributed by atoms with Gasteiger partial charge in [0.15, 0.2) is 0 Å². The third-order valence-corrected chi connectivity index (χ3v) is 4.69. The minimum absolute atomic E-state index is 0.545. The van der Waals surface area contributed by atoms with Gasteiger partial charge in [-0.3, -0.25) is 9.58 Å². The van der Waals surface area contributed by atoms with Crippen LogP contribution in [-0.4, -0.2) is 34.3 Å². The molecule has 0 radical (unpaired) electrons. The monoisotopic (exact) mass is 312 g/mol. The van der Waals surface area contributed by atoms with Crippen molar-refractivity contribution >= 4 is 0 Å². The molecule has 23 heavy (non-hydrogen) atoms. The van der Waals surface area contributed by atoms with Gasteiger partial charge in [0, 0.05) is 43.9 Å². The number of likely N-dealkylation sites (tertiary alicyclic amines) is 1. The van der Waals surface area contributed by atoms with Gasteiger partial charge in [-0.15, -0.1) is 0 Å². The molecule has 124 valence electrons. The Bertz CT molecular complexity index is 605. The van der Waals surface area contributed by atoms with Gasteiger partial charge in [0.2, 0.25) is 0 Å². The third kappa shape index (κ3) is 4.01. The molecule has 3 rings (SSSR count). The summed E-state index contributed by atoms with van der Waals surface area (Å²) in [5, 5.41) is 4.48. The van der Waals surface area contributed by atoms with Gasteiger partial charge in [0.05, 0.1) is 6.20 Å². The quantitative estimate of drug-likeness (QED) is 0.892. The third-order valence-electron chi connectivity index (χ3n) is 4.69. The first-order valence-electron chi connectivity index (χ1n) is 8.64. The summed E-state index contributed by atoms with van der Waals surface area (Å²) in [5.41, 5.74) is 8.75. The van der Waals surface area contributed by atoms with Crippen LogP contribution in [0, 0.1) is 11.8 Å². The first kappa shape index (κ1) is 16.2. The highest BCUT2D eigenvalue weighted by molar-refractivity contribution is 5.22. The van der Waals surface area contributed by atoms with Crippen LogP contribution in [0.15, 0.2) is 42.7 Å². The molecule has 2 heterocycles. The number of nitrogens with two attached hydrogens (primary N) is 1. The fourth-order valence-electron chi connectivity index (χ4n) is 3.63. The number of rotatable bonds is 6. The Morgan fingerprint density at radius 3 is 2.70 bits per heavy atom. The lowest BCUT2D eigenvalue weighted by molar-refractivity contribution is 0.316. The van der Waals surface area contributed by atoms with E-state index >= 15 is 0 Å². The summed E-state index contributed by atoms with van der Waals surface area (Å²) in [6, 6.07) is 10.8. The molecule has 1 aliphatic heterocycles. The SMILES string of the molecule is CC(C)Cn1cc(CN2C[C@@H](CN)[C@H](c3ccccc3)C2)cn1. The molecule has 4 nitrogen and oxygen atoms in total. The fraction of sp³-hybridized carbons (Fsp3) is 0.526. The lowest BCUT2D eigenvalue weighted by atomic mass is 9.89. The van der Waals surface area contributed by atoms with Crippen molar-refractivity contribution < 1.29 is 0 Å². The first-order valence-corrected chi connectivity index (χ1v) is 8.64. The fourth-order valence-corrected chi connectivity index (χ4v) is 3.63. The van der Waals surface area contributed by atoms with Gasteiger partial charge in [-0.1, -0.05) is 44.2 Å². The van der Waals surface area contributed by atoms with Crippen molar-refractivity contribution in [2.45, 2.75) is 32.9 Å². The van der Waals surface area contributed by atoms with Crippen LogP contribution in [0.1, 0.15) is 30.9 Å². The molecule has 1 saturated heterocycles. The Morgan fingerprint density at radius 2 is 2.00 bits per heavy atom. The number of hydrogen-bond donors (Lipinski definition) is 1. The Kier molecular flexibility index (Phi) is 5.13. The van der Waals surface area contributed by atoms with Crippen LogP contribution >= 0.6 is 0 Å². The van der Waals surface area contributed by atoms with Crippen molar-refractivity contribution in [1.82, 2.24) is 14.7 Å². The molecule has 0 unspecified atom stereocenters. The van der Waals surface area contributed by atoms with E-state index in [1.54, 1.807) is 0 Å². The van der Waals surface area contributed by atoms with E-state index in [1.165, 1.54) is 11.1 Å². The van der Waals surface area contributed by atoms with Crippen LogP contribution in [0.25, 0.3) is 0 Å². The molecule has 2 N–H and O–H groups in total. The van der Waals surface area contributed by atoms with Gasteiger partial charge < -0.3 is 5.73 Å². The van der Waals surface area contributed by atoms with Gasteiger partial charge in [-0.25, -0.2) is 0 Å². The Balaban J connectivity index is 1.64. The number of hydrogen-bond acceptors (Lipinski definition) is 3. The molecule has 0 spiro atoms. The van der Waals surface area contributed by atoms with Gasteiger partial charge in [0.25, 0.3) is 0 Å². The predicted octanol–water partition coefficient (Wildman–Crippen LogP) is 2.71. The Labute approximate surface area is 139 Å². The lowest BCUT2D eigenvalue weighted by Gasteiger charge is -2.16. The van der Waals surface area contributed by atoms with Gasteiger partial charge >= 0.3 is 0 Å². The van der Waals surface area contributed by atoms with Gasteiger partial charge in [0.1, 0.15) is 0 Å². The van der Waals surface area contributed by atoms with Crippen molar-refractivity contribution in [3.8, 4) is 0 Å². The van der Waals surface area contributed by atoms with Crippen LogP contribution in [0.3, 0.4) is 0 Å². The standard InChI is InChI=1S/C19H28N4/c1-15(2)10-23-12-16(9-21-23)11-22-13-18(8-20)19(14-22)17-6-4-3-5-7-17/h3-7,9,12,15,18-19H,8,10-11,13-14,20H2,1-2H3/t18-,19+/m1/s1. The van der Waals surface area contributed by atoms with Crippen LogP contribution in [0.4, 0.5) is 0 Å². The van der Waals surface area contributed by atoms with E-state index in [2.05, 4.69) is 65.1 Å². The maximum atomic E-state index is 6.03. The van der Waals surface area contributed by atoms with Crippen molar-refractivity contribution in [3.63, 3.8) is 0 Å². The molecule has 1 aliphatic rings. The predicted molar refractivity (Wildman–Crippen MR) is 94.1 cm³/mol. The number of aromatic nitrogens is 2. The second-order valence-electron chi connectivity index (χ2n) is 7.17. The summed E-state index contributed by atoms with van der Waals surface area (Å²) >= 11 is 0. The van der Waals surface area contributed by atoms with E-state index in [4.69, 9.17) is 5.73 Å². The van der Waals surface area contributed by atoms with E-state index < -0.39 is 0 Å². The molecule has 4 heteroatoms. The van der Waals surface area contributed by atoms with Crippen LogP contribution in [0.5, 0.6) is 0 Å². The smallest absolute Gasteiger partial charge is 0.0534 e. The molecule has 0 bridgehead atoms. The first-order chi connectivity index (χ1) is 11.2. The van der Waals surface area contributed by atoms with E-state index in [-0.39, 0.29) is 0 Å². The minimum atomic E-state index is 0.545. The zero-order valence-electron chi connectivity index (χ0n) is 14.2. The lowest BCUT2D eigenvalue weighted by Crippen LogP contribution is -2.23. The van der Waals surface area contributed by atoms with Crippen molar-refractivity contribution in [2.24, 2.45) is 17.6 Å². The molecule has 0 aliphatic carbocycles. The highest BCUT2D eigenvalue weighted by atomic mass is 15.3. The summed E-state index contributed by atoms with van der Waals surface area (Å²) in [5.74, 6) is 1.72. The molecule has 1 fully saturated rings. The van der Waals surface area contributed by atoms with E-state index in [0.29, 0.717) is 17.8 Å². The molecular weight excluding hydrogens is 284 g/mol. The van der Waals surface area contributed by atoms with Crippen LogP contribution in [0.2, 0.25) is 0 Å². The highest BCUT2D eigenvalue weighted by Gasteiger charge is 2.32. The summed E-state index contributed by atoms with van der Waals surface area (Å²) < 4.78 is 2.06. The summed E-state index contributed by atoms with van der Waals surface area (Å²) in [6.07, 6.45) is 4.20. The van der Waals surface area contributed by atoms with Gasteiger partial charge in [-0.2, -0.15) is 5.10 Å². The van der Waals surface area contributed by atoms with Crippen LogP contribution < -0.4 is 5.73 Å². The Morgan fingerprint density at radius 1 is 1.22 bits per heavy atom. The topological polar surface area (TPSA) is 47.1 Å². The van der Waals surface area contributed by atoms with Crippen LogP contribution in [-0.2, 0) is 13.1 Å². The number of nitrogens with zero attached hydrogens (tertiary/aromatic N) is 3. The maximum Gasteiger partial charge on any atom is 0.0534 e. The molecule has 1 aromatic heterocycles. The highest BCUT2D eigenvalue weighted by Crippen LogP contribution is 2.32. The van der Waals surface area contributed by atoms with E-state index in [0.717, 1.165) is 32.7 Å². The summed E-state index contributed by atoms with van der Waals surface area (Å²) in [7, 11) is 0. The second-order valence-corrected chi connectivity index (χ2v) is 7.17. The molecule has 0 saturated carbocycles.